The second-order valence-electron chi connectivity index (χ2n) is 4.92. The Balaban J connectivity index is 0.00000191. The summed E-state index contributed by atoms with van der Waals surface area (Å²) in [6, 6.07) is 8.75. The van der Waals surface area contributed by atoms with Gasteiger partial charge < -0.3 is 9.47 Å². The molecule has 0 saturated heterocycles. The molecule has 0 aliphatic heterocycles. The van der Waals surface area contributed by atoms with Crippen LogP contribution in [0.15, 0.2) is 43.0 Å². The Morgan fingerprint density at radius 1 is 1.10 bits per heavy atom. The van der Waals surface area contributed by atoms with Gasteiger partial charge in [0.15, 0.2) is 0 Å². The van der Waals surface area contributed by atoms with Crippen LogP contribution in [-0.4, -0.2) is 25.2 Å². The van der Waals surface area contributed by atoms with Crippen molar-refractivity contribution in [3.8, 4) is 0 Å². The topological polar surface area (TPSA) is 52.6 Å². The normalized spacial score (nSPS) is 9.90. The Hall–Kier alpha value is -2.10. The van der Waals surface area contributed by atoms with E-state index in [1.165, 1.54) is 0 Å². The first kappa shape index (κ1) is 18.9. The van der Waals surface area contributed by atoms with Gasteiger partial charge in [-0.15, -0.1) is 0 Å². The van der Waals surface area contributed by atoms with Crippen molar-refractivity contribution in [2.75, 3.05) is 13.2 Å². The largest absolute Gasteiger partial charge is 0.462 e. The summed E-state index contributed by atoms with van der Waals surface area (Å²) in [6.07, 6.45) is 1.10. The summed E-state index contributed by atoms with van der Waals surface area (Å²) in [7, 11) is 0. The number of esters is 2. The zero-order valence-electron chi connectivity index (χ0n) is 13.2. The van der Waals surface area contributed by atoms with Gasteiger partial charge in [0.2, 0.25) is 0 Å². The van der Waals surface area contributed by atoms with E-state index in [2.05, 4.69) is 6.58 Å². The molecule has 0 aromatic heterocycles. The van der Waals surface area contributed by atoms with Gasteiger partial charge in [0.1, 0.15) is 0 Å². The van der Waals surface area contributed by atoms with Gasteiger partial charge in [0, 0.05) is 11.5 Å². The van der Waals surface area contributed by atoms with Crippen molar-refractivity contribution in [1.82, 2.24) is 0 Å². The zero-order valence-corrected chi connectivity index (χ0v) is 13.2. The van der Waals surface area contributed by atoms with E-state index in [1.807, 2.05) is 33.8 Å². The molecule has 0 N–H and O–H groups in total. The van der Waals surface area contributed by atoms with Gasteiger partial charge in [-0.25, -0.2) is 9.59 Å². The highest BCUT2D eigenvalue weighted by Crippen LogP contribution is 2.17. The molecule has 21 heavy (non-hydrogen) atoms. The number of hydrogen-bond donors (Lipinski definition) is 0. The predicted molar refractivity (Wildman–Crippen MR) is 83.0 cm³/mol. The standard InChI is InChI=1S/C15H18O4.C2H6/c1-4-13(16)18-10-15(2,3)11-19-14(17)12-8-6-5-7-9-12;1-2/h4-9H,1,10-11H2,2-3H3;1-2H3. The highest BCUT2D eigenvalue weighted by Gasteiger charge is 2.22. The van der Waals surface area contributed by atoms with Crippen LogP contribution in [0, 0.1) is 5.41 Å². The van der Waals surface area contributed by atoms with Crippen LogP contribution in [0.25, 0.3) is 0 Å². The van der Waals surface area contributed by atoms with Crippen LogP contribution >= 0.6 is 0 Å². The van der Waals surface area contributed by atoms with Crippen molar-refractivity contribution < 1.29 is 19.1 Å². The van der Waals surface area contributed by atoms with Crippen molar-refractivity contribution in [3.63, 3.8) is 0 Å². The Bertz CT molecular complexity index is 449. The van der Waals surface area contributed by atoms with E-state index in [-0.39, 0.29) is 19.2 Å². The lowest BCUT2D eigenvalue weighted by Crippen LogP contribution is -2.28. The van der Waals surface area contributed by atoms with Crippen molar-refractivity contribution >= 4 is 11.9 Å². The number of hydrogen-bond acceptors (Lipinski definition) is 4. The van der Waals surface area contributed by atoms with Crippen LogP contribution in [0.1, 0.15) is 38.1 Å². The molecule has 0 heterocycles. The molecule has 0 saturated carbocycles. The van der Waals surface area contributed by atoms with Crippen LogP contribution < -0.4 is 0 Å². The minimum absolute atomic E-state index is 0.167. The Morgan fingerprint density at radius 2 is 1.62 bits per heavy atom. The van der Waals surface area contributed by atoms with Gasteiger partial charge in [0.05, 0.1) is 18.8 Å². The lowest BCUT2D eigenvalue weighted by molar-refractivity contribution is -0.141. The first-order valence-corrected chi connectivity index (χ1v) is 6.96. The summed E-state index contributed by atoms with van der Waals surface area (Å²) < 4.78 is 10.1. The fraction of sp³-hybridized carbons (Fsp3) is 0.412. The molecule has 0 radical (unpaired) electrons. The molecule has 116 valence electrons. The molecule has 1 aromatic rings. The van der Waals surface area contributed by atoms with Crippen LogP contribution in [0.4, 0.5) is 0 Å². The fourth-order valence-electron chi connectivity index (χ4n) is 1.29. The van der Waals surface area contributed by atoms with E-state index in [0.29, 0.717) is 5.56 Å². The summed E-state index contributed by atoms with van der Waals surface area (Å²) >= 11 is 0. The molecular weight excluding hydrogens is 268 g/mol. The van der Waals surface area contributed by atoms with Crippen molar-refractivity contribution in [2.24, 2.45) is 5.41 Å². The van der Waals surface area contributed by atoms with E-state index in [9.17, 15) is 9.59 Å². The third-order valence-corrected chi connectivity index (χ3v) is 2.38. The Kier molecular flexibility index (Phi) is 8.77. The number of carbonyl (C=O) groups is 2. The average molecular weight is 292 g/mol. The molecule has 0 aliphatic rings. The maximum atomic E-state index is 11.7. The molecular formula is C17H24O4. The maximum Gasteiger partial charge on any atom is 0.338 e. The van der Waals surface area contributed by atoms with Gasteiger partial charge in [-0.05, 0) is 12.1 Å². The van der Waals surface area contributed by atoms with Crippen LogP contribution in [0.5, 0.6) is 0 Å². The number of rotatable bonds is 6. The number of ether oxygens (including phenoxy) is 2. The minimum Gasteiger partial charge on any atom is -0.462 e. The molecule has 1 aromatic carbocycles. The summed E-state index contributed by atoms with van der Waals surface area (Å²) in [5, 5.41) is 0. The Morgan fingerprint density at radius 3 is 2.14 bits per heavy atom. The quantitative estimate of drug-likeness (QED) is 0.593. The first-order valence-electron chi connectivity index (χ1n) is 6.96. The lowest BCUT2D eigenvalue weighted by atomic mass is 9.96. The molecule has 0 bridgehead atoms. The van der Waals surface area contributed by atoms with E-state index in [4.69, 9.17) is 9.47 Å². The van der Waals surface area contributed by atoms with E-state index >= 15 is 0 Å². The van der Waals surface area contributed by atoms with Gasteiger partial charge >= 0.3 is 11.9 Å². The third kappa shape index (κ3) is 7.92. The van der Waals surface area contributed by atoms with Crippen LogP contribution in [-0.2, 0) is 14.3 Å². The van der Waals surface area contributed by atoms with Crippen molar-refractivity contribution in [3.05, 3.63) is 48.6 Å². The van der Waals surface area contributed by atoms with Crippen LogP contribution in [0.2, 0.25) is 0 Å². The molecule has 0 unspecified atom stereocenters. The summed E-state index contributed by atoms with van der Waals surface area (Å²) in [6.45, 7) is 11.4. The van der Waals surface area contributed by atoms with E-state index in [1.54, 1.807) is 24.3 Å². The molecule has 0 fully saturated rings. The molecule has 4 heteroatoms. The summed E-state index contributed by atoms with van der Waals surface area (Å²) in [5.41, 5.74) is 0.0599. The van der Waals surface area contributed by atoms with Gasteiger partial charge in [0.25, 0.3) is 0 Å². The molecule has 0 atom stereocenters. The molecule has 4 nitrogen and oxygen atoms in total. The van der Waals surface area contributed by atoms with E-state index < -0.39 is 11.4 Å². The van der Waals surface area contributed by atoms with Gasteiger partial charge in [-0.3, -0.25) is 0 Å². The lowest BCUT2D eigenvalue weighted by Gasteiger charge is -2.23. The number of benzene rings is 1. The van der Waals surface area contributed by atoms with Crippen LogP contribution in [0.3, 0.4) is 0 Å². The fourth-order valence-corrected chi connectivity index (χ4v) is 1.29. The molecule has 1 rings (SSSR count). The first-order chi connectivity index (χ1) is 9.94. The van der Waals surface area contributed by atoms with E-state index in [0.717, 1.165) is 6.08 Å². The highest BCUT2D eigenvalue weighted by molar-refractivity contribution is 5.89. The van der Waals surface area contributed by atoms with Crippen molar-refractivity contribution in [2.45, 2.75) is 27.7 Å². The highest BCUT2D eigenvalue weighted by atomic mass is 16.5. The zero-order chi connectivity index (χ0) is 16.3. The Labute approximate surface area is 126 Å². The summed E-state index contributed by atoms with van der Waals surface area (Å²) in [5.74, 6) is -0.869. The second kappa shape index (κ2) is 9.75. The maximum absolute atomic E-state index is 11.7. The number of carbonyl (C=O) groups excluding carboxylic acids is 2. The third-order valence-electron chi connectivity index (χ3n) is 2.38. The van der Waals surface area contributed by atoms with Crippen molar-refractivity contribution in [1.29, 1.82) is 0 Å². The average Bonchev–Trinajstić information content (AvgIpc) is 2.53. The SMILES string of the molecule is C=CC(=O)OCC(C)(C)COC(=O)c1ccccc1.CC. The van der Waals surface area contributed by atoms with Gasteiger partial charge in [-0.2, -0.15) is 0 Å². The predicted octanol–water partition coefficient (Wildman–Crippen LogP) is 3.63. The monoisotopic (exact) mass is 292 g/mol. The molecule has 0 spiro atoms. The molecule has 0 amide bonds. The second-order valence-corrected chi connectivity index (χ2v) is 4.92. The van der Waals surface area contributed by atoms with Gasteiger partial charge in [-0.1, -0.05) is 52.5 Å². The molecule has 0 aliphatic carbocycles. The summed E-state index contributed by atoms with van der Waals surface area (Å²) in [4.78, 5) is 22.7. The smallest absolute Gasteiger partial charge is 0.338 e. The minimum atomic E-state index is -0.484.